The van der Waals surface area contributed by atoms with Crippen molar-refractivity contribution >= 4 is 5.91 Å². The molecule has 0 bridgehead atoms. The summed E-state index contributed by atoms with van der Waals surface area (Å²) in [5, 5.41) is 9.93. The zero-order valence-corrected chi connectivity index (χ0v) is 12.4. The van der Waals surface area contributed by atoms with Crippen LogP contribution in [0.3, 0.4) is 0 Å². The van der Waals surface area contributed by atoms with Crippen LogP contribution in [-0.4, -0.2) is 60.0 Å². The van der Waals surface area contributed by atoms with Crippen molar-refractivity contribution in [3.63, 3.8) is 0 Å². The van der Waals surface area contributed by atoms with Gasteiger partial charge in [-0.2, -0.15) is 0 Å². The third-order valence-electron chi connectivity index (χ3n) is 4.07. The predicted molar refractivity (Wildman–Crippen MR) is 75.3 cm³/mol. The standard InChI is InChI=1S/C15H25NO4/c1-4-8-19-10-11-5-6-12-13(11)20-9-7-16(12)14(17)15(2,3)18/h4,11-13,18H,1,5-10H2,2-3H3. The molecule has 5 heteroatoms. The minimum Gasteiger partial charge on any atom is -0.381 e. The first-order valence-corrected chi connectivity index (χ1v) is 7.29. The molecule has 0 radical (unpaired) electrons. The third-order valence-corrected chi connectivity index (χ3v) is 4.07. The van der Waals surface area contributed by atoms with Crippen LogP contribution >= 0.6 is 0 Å². The molecule has 1 saturated carbocycles. The van der Waals surface area contributed by atoms with Gasteiger partial charge in [-0.05, 0) is 26.7 Å². The van der Waals surface area contributed by atoms with Gasteiger partial charge in [0.05, 0.1) is 32.0 Å². The van der Waals surface area contributed by atoms with Crippen molar-refractivity contribution in [1.82, 2.24) is 4.90 Å². The van der Waals surface area contributed by atoms with Crippen LogP contribution in [0.25, 0.3) is 0 Å². The molecule has 1 saturated heterocycles. The van der Waals surface area contributed by atoms with Crippen molar-refractivity contribution in [2.24, 2.45) is 5.92 Å². The Kier molecular flexibility index (Phi) is 4.83. The summed E-state index contributed by atoms with van der Waals surface area (Å²) in [6, 6.07) is 0.0695. The van der Waals surface area contributed by atoms with E-state index in [1.807, 2.05) is 0 Å². The van der Waals surface area contributed by atoms with E-state index in [1.54, 1.807) is 24.8 Å². The molecule has 2 aliphatic rings. The Labute approximate surface area is 120 Å². The van der Waals surface area contributed by atoms with Crippen LogP contribution in [0.1, 0.15) is 26.7 Å². The number of morpholine rings is 1. The topological polar surface area (TPSA) is 59.0 Å². The third kappa shape index (κ3) is 3.22. The number of amides is 1. The first kappa shape index (κ1) is 15.5. The lowest BCUT2D eigenvalue weighted by atomic mass is 10.0. The van der Waals surface area contributed by atoms with E-state index in [4.69, 9.17) is 9.47 Å². The summed E-state index contributed by atoms with van der Waals surface area (Å²) in [6.07, 6.45) is 3.66. The first-order chi connectivity index (χ1) is 9.45. The van der Waals surface area contributed by atoms with Crippen LogP contribution in [0.4, 0.5) is 0 Å². The second-order valence-corrected chi connectivity index (χ2v) is 6.12. The van der Waals surface area contributed by atoms with Gasteiger partial charge in [0.1, 0.15) is 5.60 Å². The molecule has 1 aliphatic heterocycles. The number of hydrogen-bond acceptors (Lipinski definition) is 4. The molecule has 3 atom stereocenters. The SMILES string of the molecule is C=CCOCC1CCC2C1OCCN2C(=O)C(C)(C)O. The van der Waals surface area contributed by atoms with E-state index >= 15 is 0 Å². The lowest BCUT2D eigenvalue weighted by Crippen LogP contribution is -2.57. The number of rotatable bonds is 5. The van der Waals surface area contributed by atoms with Crippen LogP contribution < -0.4 is 0 Å². The summed E-state index contributed by atoms with van der Waals surface area (Å²) in [7, 11) is 0. The Bertz CT molecular complexity index is 363. The molecule has 1 N–H and O–H groups in total. The number of hydrogen-bond donors (Lipinski definition) is 1. The van der Waals surface area contributed by atoms with Crippen LogP contribution in [0.5, 0.6) is 0 Å². The maximum atomic E-state index is 12.3. The molecular weight excluding hydrogens is 258 g/mol. The Morgan fingerprint density at radius 2 is 2.30 bits per heavy atom. The van der Waals surface area contributed by atoms with Crippen LogP contribution in [-0.2, 0) is 14.3 Å². The predicted octanol–water partition coefficient (Wildman–Crippen LogP) is 0.966. The molecule has 2 fully saturated rings. The minimum atomic E-state index is -1.32. The van der Waals surface area contributed by atoms with Gasteiger partial charge >= 0.3 is 0 Å². The number of nitrogens with zero attached hydrogens (tertiary/aromatic N) is 1. The second-order valence-electron chi connectivity index (χ2n) is 6.12. The Hall–Kier alpha value is -0.910. The molecule has 1 aliphatic carbocycles. The van der Waals surface area contributed by atoms with Crippen LogP contribution in [0.2, 0.25) is 0 Å². The molecule has 1 amide bonds. The molecule has 1 heterocycles. The molecule has 114 valence electrons. The number of fused-ring (bicyclic) bond motifs is 1. The van der Waals surface area contributed by atoms with Gasteiger partial charge in [-0.25, -0.2) is 0 Å². The molecule has 0 spiro atoms. The number of carbonyl (C=O) groups is 1. The van der Waals surface area contributed by atoms with Gasteiger partial charge in [-0.15, -0.1) is 6.58 Å². The summed E-state index contributed by atoms with van der Waals surface area (Å²) < 4.78 is 11.4. The highest BCUT2D eigenvalue weighted by molar-refractivity contribution is 5.84. The highest BCUT2D eigenvalue weighted by atomic mass is 16.5. The summed E-state index contributed by atoms with van der Waals surface area (Å²) >= 11 is 0. The number of carbonyl (C=O) groups excluding carboxylic acids is 1. The van der Waals surface area contributed by atoms with Gasteiger partial charge in [0.15, 0.2) is 0 Å². The molecule has 3 unspecified atom stereocenters. The van der Waals surface area contributed by atoms with Crippen LogP contribution in [0.15, 0.2) is 12.7 Å². The number of ether oxygens (including phenoxy) is 2. The summed E-state index contributed by atoms with van der Waals surface area (Å²) in [5.41, 5.74) is -1.32. The maximum Gasteiger partial charge on any atom is 0.254 e. The fraction of sp³-hybridized carbons (Fsp3) is 0.800. The lowest BCUT2D eigenvalue weighted by Gasteiger charge is -2.41. The van der Waals surface area contributed by atoms with Crippen molar-refractivity contribution in [1.29, 1.82) is 0 Å². The van der Waals surface area contributed by atoms with Crippen LogP contribution in [0, 0.1) is 5.92 Å². The van der Waals surface area contributed by atoms with Gasteiger partial charge in [0, 0.05) is 12.5 Å². The van der Waals surface area contributed by atoms with Gasteiger partial charge in [-0.3, -0.25) is 4.79 Å². The molecule has 20 heavy (non-hydrogen) atoms. The fourth-order valence-electron chi connectivity index (χ4n) is 3.15. The average Bonchev–Trinajstić information content (AvgIpc) is 2.80. The van der Waals surface area contributed by atoms with Gasteiger partial charge in [0.2, 0.25) is 0 Å². The molecule has 0 aromatic heterocycles. The van der Waals surface area contributed by atoms with Crippen molar-refractivity contribution in [2.75, 3.05) is 26.4 Å². The minimum absolute atomic E-state index is 0.0277. The zero-order chi connectivity index (χ0) is 14.8. The highest BCUT2D eigenvalue weighted by Crippen LogP contribution is 2.35. The fourth-order valence-corrected chi connectivity index (χ4v) is 3.15. The zero-order valence-electron chi connectivity index (χ0n) is 12.4. The molecule has 0 aromatic carbocycles. The van der Waals surface area contributed by atoms with E-state index < -0.39 is 5.60 Å². The molecular formula is C15H25NO4. The van der Waals surface area contributed by atoms with Crippen molar-refractivity contribution in [3.05, 3.63) is 12.7 Å². The van der Waals surface area contributed by atoms with Crippen molar-refractivity contribution in [3.8, 4) is 0 Å². The molecule has 0 aromatic rings. The maximum absolute atomic E-state index is 12.3. The largest absolute Gasteiger partial charge is 0.381 e. The number of aliphatic hydroxyl groups is 1. The van der Waals surface area contributed by atoms with E-state index in [0.29, 0.717) is 32.3 Å². The first-order valence-electron chi connectivity index (χ1n) is 7.29. The Morgan fingerprint density at radius 1 is 1.55 bits per heavy atom. The quantitative estimate of drug-likeness (QED) is 0.603. The second kappa shape index (κ2) is 6.24. The lowest BCUT2D eigenvalue weighted by molar-refractivity contribution is -0.162. The van der Waals surface area contributed by atoms with Gasteiger partial charge in [0.25, 0.3) is 5.91 Å². The van der Waals surface area contributed by atoms with E-state index in [0.717, 1.165) is 12.8 Å². The molecule has 5 nitrogen and oxygen atoms in total. The van der Waals surface area contributed by atoms with Crippen molar-refractivity contribution in [2.45, 2.75) is 44.4 Å². The Balaban J connectivity index is 2.00. The summed E-state index contributed by atoms with van der Waals surface area (Å²) in [5.74, 6) is 0.112. The van der Waals surface area contributed by atoms with E-state index in [2.05, 4.69) is 6.58 Å². The van der Waals surface area contributed by atoms with E-state index in [1.165, 1.54) is 0 Å². The van der Waals surface area contributed by atoms with E-state index in [9.17, 15) is 9.90 Å². The summed E-state index contributed by atoms with van der Waals surface area (Å²) in [6.45, 7) is 8.98. The average molecular weight is 283 g/mol. The molecule has 2 rings (SSSR count). The van der Waals surface area contributed by atoms with Gasteiger partial charge in [-0.1, -0.05) is 6.08 Å². The van der Waals surface area contributed by atoms with E-state index in [-0.39, 0.29) is 18.1 Å². The normalized spacial score (nSPS) is 30.1. The summed E-state index contributed by atoms with van der Waals surface area (Å²) in [4.78, 5) is 14.1. The van der Waals surface area contributed by atoms with Crippen molar-refractivity contribution < 1.29 is 19.4 Å². The monoisotopic (exact) mass is 283 g/mol. The van der Waals surface area contributed by atoms with Gasteiger partial charge < -0.3 is 19.5 Å². The smallest absolute Gasteiger partial charge is 0.254 e. The Morgan fingerprint density at radius 3 is 2.95 bits per heavy atom. The highest BCUT2D eigenvalue weighted by Gasteiger charge is 2.46.